The fraction of sp³-hybridized carbons (Fsp3) is 0.531. The molecule has 2 unspecified atom stereocenters. The summed E-state index contributed by atoms with van der Waals surface area (Å²) in [5.41, 5.74) is 5.95. The van der Waals surface area contributed by atoms with Crippen molar-refractivity contribution in [1.82, 2.24) is 19.7 Å². The number of nitrogens with zero attached hydrogens (tertiary/aromatic N) is 4. The van der Waals surface area contributed by atoms with Crippen LogP contribution in [-0.2, 0) is 21.1 Å². The molecule has 3 aliphatic rings. The number of pyridine rings is 1. The molecule has 1 saturated heterocycles. The first-order valence-corrected chi connectivity index (χ1v) is 16.5. The third-order valence-corrected chi connectivity index (χ3v) is 10.6. The molecule has 1 aromatic carbocycles. The highest BCUT2D eigenvalue weighted by Gasteiger charge is 2.40. The number of benzene rings is 1. The van der Waals surface area contributed by atoms with Crippen LogP contribution in [0, 0.1) is 0 Å². The number of hydrogen-bond acceptors (Lipinski definition) is 5. The van der Waals surface area contributed by atoms with Crippen LogP contribution in [0.2, 0.25) is 0 Å². The van der Waals surface area contributed by atoms with E-state index in [1.807, 2.05) is 4.90 Å². The highest BCUT2D eigenvalue weighted by molar-refractivity contribution is 7.91. The SMILES string of the molecule is CCS(=O)(=O)c1ccc(CCC(=O)N2CC(c3cccc(C4CC4)c3)C(c3cc(C4CC4)nn3C(C)C)C2)nc1. The van der Waals surface area contributed by atoms with Crippen LogP contribution >= 0.6 is 0 Å². The molecule has 3 heterocycles. The topological polar surface area (TPSA) is 85.2 Å². The first-order chi connectivity index (χ1) is 19.2. The van der Waals surface area contributed by atoms with Crippen LogP contribution < -0.4 is 0 Å². The van der Waals surface area contributed by atoms with Crippen LogP contribution in [0.1, 0.15) is 111 Å². The molecule has 212 valence electrons. The van der Waals surface area contributed by atoms with Gasteiger partial charge in [-0.2, -0.15) is 5.10 Å². The maximum atomic E-state index is 13.6. The summed E-state index contributed by atoms with van der Waals surface area (Å²) >= 11 is 0. The molecule has 3 aromatic rings. The fourth-order valence-corrected chi connectivity index (χ4v) is 6.93. The molecule has 40 heavy (non-hydrogen) atoms. The van der Waals surface area contributed by atoms with Crippen LogP contribution in [0.25, 0.3) is 0 Å². The first kappa shape index (κ1) is 27.2. The lowest BCUT2D eigenvalue weighted by Crippen LogP contribution is -2.29. The van der Waals surface area contributed by atoms with Crippen molar-refractivity contribution < 1.29 is 13.2 Å². The molecule has 0 N–H and O–H groups in total. The summed E-state index contributed by atoms with van der Waals surface area (Å²) in [5, 5.41) is 5.04. The Balaban J connectivity index is 1.23. The predicted molar refractivity (Wildman–Crippen MR) is 155 cm³/mol. The standard InChI is InChI=1S/C32H40N4O3S/c1-4-40(38,39)27-14-12-26(33-18-27)13-15-32(37)35-19-28(25-7-5-6-24(16-25)22-8-9-22)29(20-35)31-17-30(23-10-11-23)34-36(31)21(2)3/h5-7,12,14,16-18,21-23,28-29H,4,8-11,13,15,19-20H2,1-3H3. The fourth-order valence-electron chi connectivity index (χ4n) is 6.11. The number of likely N-dealkylation sites (tertiary alicyclic amines) is 1. The predicted octanol–water partition coefficient (Wildman–Crippen LogP) is 5.75. The molecular formula is C32H40N4O3S. The van der Waals surface area contributed by atoms with Crippen LogP contribution in [0.15, 0.2) is 53.6 Å². The van der Waals surface area contributed by atoms with E-state index in [0.717, 1.165) is 5.69 Å². The zero-order valence-electron chi connectivity index (χ0n) is 23.8. The second kappa shape index (κ2) is 10.8. The third-order valence-electron chi connectivity index (χ3n) is 8.84. The molecule has 0 spiro atoms. The Morgan fingerprint density at radius 3 is 2.35 bits per heavy atom. The molecule has 1 aliphatic heterocycles. The number of amides is 1. The molecule has 2 atom stereocenters. The Labute approximate surface area is 237 Å². The van der Waals surface area contributed by atoms with E-state index in [9.17, 15) is 13.2 Å². The maximum absolute atomic E-state index is 13.6. The molecule has 1 amide bonds. The van der Waals surface area contributed by atoms with E-state index in [4.69, 9.17) is 5.10 Å². The smallest absolute Gasteiger partial charge is 0.222 e. The van der Waals surface area contributed by atoms with Crippen molar-refractivity contribution in [3.63, 3.8) is 0 Å². The van der Waals surface area contributed by atoms with Crippen LogP contribution in [0.3, 0.4) is 0 Å². The number of aromatic nitrogens is 3. The van der Waals surface area contributed by atoms with E-state index in [2.05, 4.69) is 53.8 Å². The second-order valence-corrected chi connectivity index (χ2v) is 14.4. The van der Waals surface area contributed by atoms with E-state index in [1.165, 1.54) is 54.4 Å². The minimum atomic E-state index is -3.28. The summed E-state index contributed by atoms with van der Waals surface area (Å²) < 4.78 is 26.4. The van der Waals surface area contributed by atoms with Gasteiger partial charge in [0, 0.05) is 60.9 Å². The lowest BCUT2D eigenvalue weighted by atomic mass is 9.85. The van der Waals surface area contributed by atoms with Crippen LogP contribution in [0.5, 0.6) is 0 Å². The zero-order valence-corrected chi connectivity index (χ0v) is 24.6. The highest BCUT2D eigenvalue weighted by atomic mass is 32.2. The number of carbonyl (C=O) groups is 1. The van der Waals surface area contributed by atoms with Crippen LogP contribution in [-0.4, -0.2) is 52.8 Å². The number of hydrogen-bond donors (Lipinski definition) is 0. The summed E-state index contributed by atoms with van der Waals surface area (Å²) in [5.74, 6) is 1.85. The number of sulfone groups is 1. The van der Waals surface area contributed by atoms with Gasteiger partial charge < -0.3 is 4.90 Å². The van der Waals surface area contributed by atoms with Gasteiger partial charge >= 0.3 is 0 Å². The van der Waals surface area contributed by atoms with Crippen molar-refractivity contribution in [2.45, 2.75) is 93.9 Å². The van der Waals surface area contributed by atoms with Gasteiger partial charge in [0.2, 0.25) is 5.91 Å². The molecule has 2 aliphatic carbocycles. The molecule has 3 fully saturated rings. The second-order valence-electron chi connectivity index (χ2n) is 12.2. The Morgan fingerprint density at radius 1 is 0.975 bits per heavy atom. The molecule has 2 saturated carbocycles. The summed E-state index contributed by atoms with van der Waals surface area (Å²) in [6.07, 6.45) is 7.23. The highest BCUT2D eigenvalue weighted by Crippen LogP contribution is 2.46. The Hall–Kier alpha value is -3.00. The van der Waals surface area contributed by atoms with Crippen molar-refractivity contribution in [2.75, 3.05) is 18.8 Å². The summed E-state index contributed by atoms with van der Waals surface area (Å²) in [6, 6.07) is 15.0. The van der Waals surface area contributed by atoms with E-state index < -0.39 is 9.84 Å². The maximum Gasteiger partial charge on any atom is 0.222 e. The molecule has 0 radical (unpaired) electrons. The molecule has 6 rings (SSSR count). The lowest BCUT2D eigenvalue weighted by molar-refractivity contribution is -0.130. The summed E-state index contributed by atoms with van der Waals surface area (Å²) in [6.45, 7) is 7.39. The van der Waals surface area contributed by atoms with Gasteiger partial charge in [-0.1, -0.05) is 31.2 Å². The molecular weight excluding hydrogens is 520 g/mol. The average molecular weight is 561 g/mol. The van der Waals surface area contributed by atoms with Gasteiger partial charge in [-0.3, -0.25) is 14.5 Å². The number of aryl methyl sites for hydroxylation is 1. The number of rotatable bonds is 10. The normalized spacial score (nSPS) is 21.4. The minimum absolute atomic E-state index is 0.0469. The van der Waals surface area contributed by atoms with Crippen molar-refractivity contribution in [2.24, 2.45) is 0 Å². The van der Waals surface area contributed by atoms with E-state index in [0.29, 0.717) is 37.8 Å². The van der Waals surface area contributed by atoms with Crippen molar-refractivity contribution in [3.05, 3.63) is 76.9 Å². The van der Waals surface area contributed by atoms with Gasteiger partial charge in [-0.25, -0.2) is 8.42 Å². The van der Waals surface area contributed by atoms with Gasteiger partial charge in [0.25, 0.3) is 0 Å². The number of carbonyl (C=O) groups excluding carboxylic acids is 1. The van der Waals surface area contributed by atoms with Crippen LogP contribution in [0.4, 0.5) is 0 Å². The van der Waals surface area contributed by atoms with Gasteiger partial charge in [0.15, 0.2) is 9.84 Å². The molecule has 7 nitrogen and oxygen atoms in total. The van der Waals surface area contributed by atoms with Crippen molar-refractivity contribution in [3.8, 4) is 0 Å². The monoisotopic (exact) mass is 560 g/mol. The van der Waals surface area contributed by atoms with E-state index in [-0.39, 0.29) is 34.4 Å². The Kier molecular flexibility index (Phi) is 7.32. The van der Waals surface area contributed by atoms with E-state index >= 15 is 0 Å². The van der Waals surface area contributed by atoms with Crippen molar-refractivity contribution >= 4 is 15.7 Å². The molecule has 8 heteroatoms. The average Bonchev–Trinajstić information content (AvgIpc) is 3.90. The third kappa shape index (κ3) is 5.60. The van der Waals surface area contributed by atoms with Gasteiger partial charge in [-0.15, -0.1) is 0 Å². The lowest BCUT2D eigenvalue weighted by Gasteiger charge is -2.22. The zero-order chi connectivity index (χ0) is 28.0. The molecule has 2 aromatic heterocycles. The van der Waals surface area contributed by atoms with Gasteiger partial charge in [0.05, 0.1) is 16.3 Å². The van der Waals surface area contributed by atoms with Gasteiger partial charge in [-0.05, 0) is 81.2 Å². The quantitative estimate of drug-likeness (QED) is 0.315. The first-order valence-electron chi connectivity index (χ1n) is 14.9. The Bertz CT molecular complexity index is 1490. The Morgan fingerprint density at radius 2 is 1.70 bits per heavy atom. The summed E-state index contributed by atoms with van der Waals surface area (Å²) in [4.78, 5) is 20.2. The summed E-state index contributed by atoms with van der Waals surface area (Å²) in [7, 11) is -3.28. The molecule has 0 bridgehead atoms. The largest absolute Gasteiger partial charge is 0.341 e. The van der Waals surface area contributed by atoms with Crippen molar-refractivity contribution in [1.29, 1.82) is 0 Å². The minimum Gasteiger partial charge on any atom is -0.341 e. The van der Waals surface area contributed by atoms with Gasteiger partial charge in [0.1, 0.15) is 0 Å². The van der Waals surface area contributed by atoms with E-state index in [1.54, 1.807) is 19.1 Å².